The van der Waals surface area contributed by atoms with E-state index in [0.717, 1.165) is 16.5 Å². The average molecular weight is 310 g/mol. The van der Waals surface area contributed by atoms with Crippen molar-refractivity contribution in [2.75, 3.05) is 0 Å². The molecule has 0 spiro atoms. The third-order valence-corrected chi connectivity index (χ3v) is 3.21. The fourth-order valence-electron chi connectivity index (χ4n) is 1.57. The third-order valence-electron chi connectivity index (χ3n) is 2.56. The molecule has 0 aliphatic heterocycles. The van der Waals surface area contributed by atoms with Crippen LogP contribution in [0.3, 0.4) is 0 Å². The summed E-state index contributed by atoms with van der Waals surface area (Å²) < 4.78 is 7.59. The number of halogens is 1. The van der Waals surface area contributed by atoms with E-state index in [2.05, 4.69) is 45.9 Å². The summed E-state index contributed by atoms with van der Waals surface area (Å²) in [6.45, 7) is 6.14. The van der Waals surface area contributed by atoms with Gasteiger partial charge in [-0.05, 0) is 32.4 Å². The summed E-state index contributed by atoms with van der Waals surface area (Å²) in [7, 11) is 0. The predicted octanol–water partition coefficient (Wildman–Crippen LogP) is 3.85. The van der Waals surface area contributed by atoms with Crippen LogP contribution < -0.4 is 4.74 Å². The van der Waals surface area contributed by atoms with E-state index < -0.39 is 0 Å². The molecule has 2 rings (SSSR count). The molecular weight excluding hydrogens is 294 g/mol. The van der Waals surface area contributed by atoms with E-state index in [4.69, 9.17) is 4.74 Å². The fourth-order valence-corrected chi connectivity index (χ4v) is 1.87. The normalized spacial score (nSPS) is 10.9. The topological polar surface area (TPSA) is 39.9 Å². The Morgan fingerprint density at radius 3 is 2.72 bits per heavy atom. The van der Waals surface area contributed by atoms with Gasteiger partial charge in [0.1, 0.15) is 0 Å². The highest BCUT2D eigenvalue weighted by Gasteiger charge is 2.07. The Morgan fingerprint density at radius 2 is 2.17 bits per heavy atom. The SMILES string of the molecule is Cc1cc(CBr)cnc1Oc1cnn(C(C)C)c1. The second-order valence-electron chi connectivity index (χ2n) is 4.45. The van der Waals surface area contributed by atoms with Gasteiger partial charge in [-0.25, -0.2) is 4.98 Å². The molecule has 0 fully saturated rings. The lowest BCUT2D eigenvalue weighted by Gasteiger charge is -2.06. The molecule has 0 N–H and O–H groups in total. The highest BCUT2D eigenvalue weighted by Crippen LogP contribution is 2.24. The smallest absolute Gasteiger partial charge is 0.222 e. The van der Waals surface area contributed by atoms with Gasteiger partial charge in [0.25, 0.3) is 0 Å². The molecule has 2 aromatic heterocycles. The minimum Gasteiger partial charge on any atom is -0.435 e. The number of pyridine rings is 1. The molecule has 18 heavy (non-hydrogen) atoms. The van der Waals surface area contributed by atoms with Gasteiger partial charge < -0.3 is 4.74 Å². The predicted molar refractivity (Wildman–Crippen MR) is 74.3 cm³/mol. The maximum atomic E-state index is 5.73. The van der Waals surface area contributed by atoms with Gasteiger partial charge in [0.2, 0.25) is 5.88 Å². The first kappa shape index (κ1) is 13.1. The van der Waals surface area contributed by atoms with E-state index in [9.17, 15) is 0 Å². The van der Waals surface area contributed by atoms with Gasteiger partial charge >= 0.3 is 0 Å². The van der Waals surface area contributed by atoms with Crippen molar-refractivity contribution in [2.24, 2.45) is 0 Å². The lowest BCUT2D eigenvalue weighted by molar-refractivity contribution is 0.455. The van der Waals surface area contributed by atoms with Crippen LogP contribution in [0.4, 0.5) is 0 Å². The number of aryl methyl sites for hydroxylation is 1. The summed E-state index contributed by atoms with van der Waals surface area (Å²) in [5, 5.41) is 5.03. The second-order valence-corrected chi connectivity index (χ2v) is 5.01. The number of alkyl halides is 1. The number of hydrogen-bond acceptors (Lipinski definition) is 3. The van der Waals surface area contributed by atoms with E-state index in [1.165, 1.54) is 0 Å². The van der Waals surface area contributed by atoms with Gasteiger partial charge in [-0.3, -0.25) is 4.68 Å². The Kier molecular flexibility index (Phi) is 4.01. The number of ether oxygens (including phenoxy) is 1. The summed E-state index contributed by atoms with van der Waals surface area (Å²) in [5.74, 6) is 1.34. The third kappa shape index (κ3) is 2.90. The van der Waals surface area contributed by atoms with Gasteiger partial charge in [-0.2, -0.15) is 5.10 Å². The van der Waals surface area contributed by atoms with Crippen molar-refractivity contribution < 1.29 is 4.74 Å². The highest BCUT2D eigenvalue weighted by atomic mass is 79.9. The van der Waals surface area contributed by atoms with Crippen LogP contribution >= 0.6 is 15.9 Å². The Hall–Kier alpha value is -1.36. The molecule has 5 heteroatoms. The quantitative estimate of drug-likeness (QED) is 0.805. The number of rotatable bonds is 4. The molecule has 0 aliphatic carbocycles. The van der Waals surface area contributed by atoms with Crippen LogP contribution in [-0.4, -0.2) is 14.8 Å². The summed E-state index contributed by atoms with van der Waals surface area (Å²) in [6, 6.07) is 2.39. The van der Waals surface area contributed by atoms with E-state index >= 15 is 0 Å². The molecule has 2 aromatic rings. The van der Waals surface area contributed by atoms with E-state index in [1.54, 1.807) is 6.20 Å². The molecular formula is C13H16BrN3O. The van der Waals surface area contributed by atoms with Crippen LogP contribution in [0.25, 0.3) is 0 Å². The zero-order valence-corrected chi connectivity index (χ0v) is 12.3. The number of aromatic nitrogens is 3. The Balaban J connectivity index is 2.17. The monoisotopic (exact) mass is 309 g/mol. The fraction of sp³-hybridized carbons (Fsp3) is 0.385. The summed E-state index contributed by atoms with van der Waals surface area (Å²) >= 11 is 3.41. The molecule has 4 nitrogen and oxygen atoms in total. The van der Waals surface area contributed by atoms with Crippen LogP contribution in [0.1, 0.15) is 31.0 Å². The highest BCUT2D eigenvalue weighted by molar-refractivity contribution is 9.08. The molecule has 0 bridgehead atoms. The van der Waals surface area contributed by atoms with Crippen LogP contribution in [0.2, 0.25) is 0 Å². The van der Waals surface area contributed by atoms with E-state index in [1.807, 2.05) is 24.0 Å². The van der Waals surface area contributed by atoms with Crippen molar-refractivity contribution in [1.29, 1.82) is 0 Å². The molecule has 0 atom stereocenters. The number of nitrogens with zero attached hydrogens (tertiary/aromatic N) is 3. The lowest BCUT2D eigenvalue weighted by Crippen LogP contribution is -1.99. The zero-order valence-electron chi connectivity index (χ0n) is 10.7. The molecule has 96 valence electrons. The van der Waals surface area contributed by atoms with Crippen LogP contribution in [0.15, 0.2) is 24.7 Å². The molecule has 0 amide bonds. The van der Waals surface area contributed by atoms with Gasteiger partial charge in [-0.15, -0.1) is 0 Å². The maximum Gasteiger partial charge on any atom is 0.222 e. The van der Waals surface area contributed by atoms with Crippen molar-refractivity contribution in [3.05, 3.63) is 35.8 Å². The lowest BCUT2D eigenvalue weighted by atomic mass is 10.2. The molecule has 0 saturated heterocycles. The zero-order chi connectivity index (χ0) is 13.1. The molecule has 0 aliphatic rings. The standard InChI is InChI=1S/C13H16BrN3O/c1-9(2)17-8-12(7-16-17)18-13-10(3)4-11(5-14)6-15-13/h4,6-9H,5H2,1-3H3. The van der Waals surface area contributed by atoms with Gasteiger partial charge in [0, 0.05) is 23.1 Å². The summed E-state index contributed by atoms with van der Waals surface area (Å²) in [4.78, 5) is 4.31. The molecule has 0 radical (unpaired) electrons. The Labute approximate surface area is 115 Å². The average Bonchev–Trinajstić information content (AvgIpc) is 2.80. The molecule has 0 saturated carbocycles. The molecule has 0 unspecified atom stereocenters. The minimum atomic E-state index is 0.326. The summed E-state index contributed by atoms with van der Waals surface area (Å²) in [6.07, 6.45) is 5.40. The van der Waals surface area contributed by atoms with E-state index in [0.29, 0.717) is 17.7 Å². The summed E-state index contributed by atoms with van der Waals surface area (Å²) in [5.41, 5.74) is 2.15. The number of hydrogen-bond donors (Lipinski definition) is 0. The van der Waals surface area contributed by atoms with Gasteiger partial charge in [-0.1, -0.05) is 15.9 Å². The van der Waals surface area contributed by atoms with Crippen LogP contribution in [0.5, 0.6) is 11.6 Å². The largest absolute Gasteiger partial charge is 0.435 e. The maximum absolute atomic E-state index is 5.73. The van der Waals surface area contributed by atoms with Crippen molar-refractivity contribution in [2.45, 2.75) is 32.1 Å². The van der Waals surface area contributed by atoms with Crippen molar-refractivity contribution in [3.8, 4) is 11.6 Å². The van der Waals surface area contributed by atoms with Crippen LogP contribution in [0, 0.1) is 6.92 Å². The van der Waals surface area contributed by atoms with Gasteiger partial charge in [0.05, 0.1) is 12.4 Å². The first-order valence-electron chi connectivity index (χ1n) is 5.83. The van der Waals surface area contributed by atoms with Crippen molar-refractivity contribution in [3.63, 3.8) is 0 Å². The Bertz CT molecular complexity index is 537. The Morgan fingerprint density at radius 1 is 1.39 bits per heavy atom. The second kappa shape index (κ2) is 5.52. The molecule has 2 heterocycles. The van der Waals surface area contributed by atoms with Crippen LogP contribution in [-0.2, 0) is 5.33 Å². The first-order valence-corrected chi connectivity index (χ1v) is 6.96. The first-order chi connectivity index (χ1) is 8.60. The molecule has 0 aromatic carbocycles. The van der Waals surface area contributed by atoms with E-state index in [-0.39, 0.29) is 0 Å². The van der Waals surface area contributed by atoms with Crippen molar-refractivity contribution in [1.82, 2.24) is 14.8 Å². The van der Waals surface area contributed by atoms with Crippen molar-refractivity contribution >= 4 is 15.9 Å². The van der Waals surface area contributed by atoms with Gasteiger partial charge in [0.15, 0.2) is 5.75 Å². The minimum absolute atomic E-state index is 0.326.